The SMILES string of the molecule is CN(Cc1cc2c(cc1N)OCCO2)C1CC1. The lowest BCUT2D eigenvalue weighted by molar-refractivity contribution is 0.171. The van der Waals surface area contributed by atoms with Crippen LogP contribution in [0.2, 0.25) is 0 Å². The van der Waals surface area contributed by atoms with Gasteiger partial charge < -0.3 is 15.2 Å². The minimum atomic E-state index is 0.605. The van der Waals surface area contributed by atoms with Crippen molar-refractivity contribution >= 4 is 5.69 Å². The Morgan fingerprint density at radius 1 is 1.24 bits per heavy atom. The van der Waals surface area contributed by atoms with Crippen LogP contribution in [0.1, 0.15) is 18.4 Å². The molecule has 0 bridgehead atoms. The fourth-order valence-corrected chi connectivity index (χ4v) is 2.20. The molecule has 92 valence electrons. The Balaban J connectivity index is 1.83. The first-order valence-electron chi connectivity index (χ1n) is 6.12. The van der Waals surface area contributed by atoms with Crippen molar-refractivity contribution in [2.24, 2.45) is 0 Å². The number of rotatable bonds is 3. The molecule has 4 nitrogen and oxygen atoms in total. The van der Waals surface area contributed by atoms with Crippen LogP contribution in [-0.2, 0) is 6.54 Å². The first-order valence-corrected chi connectivity index (χ1v) is 6.12. The Labute approximate surface area is 101 Å². The van der Waals surface area contributed by atoms with E-state index < -0.39 is 0 Å². The lowest BCUT2D eigenvalue weighted by atomic mass is 10.1. The molecular formula is C13H18N2O2. The zero-order valence-corrected chi connectivity index (χ0v) is 10.1. The van der Waals surface area contributed by atoms with Gasteiger partial charge in [-0.05, 0) is 31.5 Å². The van der Waals surface area contributed by atoms with E-state index in [4.69, 9.17) is 15.2 Å². The quantitative estimate of drug-likeness (QED) is 0.808. The highest BCUT2D eigenvalue weighted by atomic mass is 16.6. The number of anilines is 1. The van der Waals surface area contributed by atoms with Gasteiger partial charge in [0.05, 0.1) is 0 Å². The summed E-state index contributed by atoms with van der Waals surface area (Å²) in [6.07, 6.45) is 2.61. The number of ether oxygens (including phenoxy) is 2. The zero-order valence-electron chi connectivity index (χ0n) is 10.1. The Kier molecular flexibility index (Phi) is 2.59. The van der Waals surface area contributed by atoms with Crippen molar-refractivity contribution in [3.05, 3.63) is 17.7 Å². The summed E-state index contributed by atoms with van der Waals surface area (Å²) in [7, 11) is 2.15. The van der Waals surface area contributed by atoms with E-state index in [1.807, 2.05) is 12.1 Å². The largest absolute Gasteiger partial charge is 0.486 e. The summed E-state index contributed by atoms with van der Waals surface area (Å²) >= 11 is 0. The smallest absolute Gasteiger partial charge is 0.163 e. The summed E-state index contributed by atoms with van der Waals surface area (Å²) in [5.41, 5.74) is 7.97. The van der Waals surface area contributed by atoms with E-state index in [-0.39, 0.29) is 0 Å². The highest BCUT2D eigenvalue weighted by Crippen LogP contribution is 2.36. The van der Waals surface area contributed by atoms with E-state index in [1.54, 1.807) is 0 Å². The Bertz CT molecular complexity index is 430. The molecule has 0 atom stereocenters. The first-order chi connectivity index (χ1) is 8.24. The van der Waals surface area contributed by atoms with Gasteiger partial charge in [0.25, 0.3) is 0 Å². The average molecular weight is 234 g/mol. The molecular weight excluding hydrogens is 216 g/mol. The van der Waals surface area contributed by atoms with Crippen molar-refractivity contribution in [3.63, 3.8) is 0 Å². The van der Waals surface area contributed by atoms with Gasteiger partial charge in [0.2, 0.25) is 0 Å². The zero-order chi connectivity index (χ0) is 11.8. The standard InChI is InChI=1S/C13H18N2O2/c1-15(10-2-3-10)8-9-6-12-13(7-11(9)14)17-5-4-16-12/h6-7,10H,2-5,8,14H2,1H3. The minimum Gasteiger partial charge on any atom is -0.486 e. The van der Waals surface area contributed by atoms with E-state index in [2.05, 4.69) is 11.9 Å². The predicted molar refractivity (Wildman–Crippen MR) is 66.3 cm³/mol. The second-order valence-electron chi connectivity index (χ2n) is 4.84. The maximum atomic E-state index is 6.05. The second kappa shape index (κ2) is 4.11. The molecule has 0 saturated heterocycles. The summed E-state index contributed by atoms with van der Waals surface area (Å²) in [6.45, 7) is 2.11. The van der Waals surface area contributed by atoms with Crippen molar-refractivity contribution in [1.29, 1.82) is 0 Å². The third-order valence-electron chi connectivity index (χ3n) is 3.39. The summed E-state index contributed by atoms with van der Waals surface area (Å²) in [4.78, 5) is 2.35. The third kappa shape index (κ3) is 2.17. The number of benzene rings is 1. The van der Waals surface area contributed by atoms with E-state index in [0.29, 0.717) is 13.2 Å². The van der Waals surface area contributed by atoms with Gasteiger partial charge in [-0.2, -0.15) is 0 Å². The minimum absolute atomic E-state index is 0.605. The van der Waals surface area contributed by atoms with Crippen LogP contribution in [-0.4, -0.2) is 31.2 Å². The van der Waals surface area contributed by atoms with Crippen LogP contribution in [0.5, 0.6) is 11.5 Å². The van der Waals surface area contributed by atoms with Crippen LogP contribution in [0.15, 0.2) is 12.1 Å². The van der Waals surface area contributed by atoms with E-state index in [0.717, 1.165) is 35.3 Å². The van der Waals surface area contributed by atoms with Crippen LogP contribution >= 0.6 is 0 Å². The molecule has 1 aromatic carbocycles. The number of hydrogen-bond donors (Lipinski definition) is 1. The Hall–Kier alpha value is -1.42. The Morgan fingerprint density at radius 2 is 1.88 bits per heavy atom. The molecule has 1 heterocycles. The highest BCUT2D eigenvalue weighted by molar-refractivity contribution is 5.58. The van der Waals surface area contributed by atoms with Gasteiger partial charge in [0.1, 0.15) is 13.2 Å². The molecule has 0 amide bonds. The van der Waals surface area contributed by atoms with Crippen LogP contribution in [0, 0.1) is 0 Å². The van der Waals surface area contributed by atoms with Crippen molar-refractivity contribution in [2.75, 3.05) is 26.0 Å². The van der Waals surface area contributed by atoms with Crippen molar-refractivity contribution in [1.82, 2.24) is 4.90 Å². The molecule has 1 aliphatic heterocycles. The molecule has 4 heteroatoms. The summed E-state index contributed by atoms with van der Waals surface area (Å²) < 4.78 is 11.1. The fraction of sp³-hybridized carbons (Fsp3) is 0.538. The van der Waals surface area contributed by atoms with E-state index in [1.165, 1.54) is 12.8 Å². The van der Waals surface area contributed by atoms with E-state index in [9.17, 15) is 0 Å². The molecule has 1 aromatic rings. The molecule has 0 aromatic heterocycles. The van der Waals surface area contributed by atoms with Crippen molar-refractivity contribution in [2.45, 2.75) is 25.4 Å². The second-order valence-corrected chi connectivity index (χ2v) is 4.84. The average Bonchev–Trinajstić information content (AvgIpc) is 3.14. The number of nitrogens with two attached hydrogens (primary N) is 1. The molecule has 1 fully saturated rings. The fourth-order valence-electron chi connectivity index (χ4n) is 2.20. The van der Waals surface area contributed by atoms with Gasteiger partial charge in [-0.25, -0.2) is 0 Å². The number of hydrogen-bond acceptors (Lipinski definition) is 4. The summed E-state index contributed by atoms with van der Waals surface area (Å²) in [6, 6.07) is 4.63. The molecule has 0 radical (unpaired) electrons. The highest BCUT2D eigenvalue weighted by Gasteiger charge is 2.26. The van der Waals surface area contributed by atoms with Gasteiger partial charge in [0.15, 0.2) is 11.5 Å². The number of fused-ring (bicyclic) bond motifs is 1. The van der Waals surface area contributed by atoms with Crippen LogP contribution < -0.4 is 15.2 Å². The van der Waals surface area contributed by atoms with Gasteiger partial charge >= 0.3 is 0 Å². The van der Waals surface area contributed by atoms with E-state index >= 15 is 0 Å². The lowest BCUT2D eigenvalue weighted by Crippen LogP contribution is -2.21. The first kappa shape index (κ1) is 10.7. The number of nitrogens with zero attached hydrogens (tertiary/aromatic N) is 1. The molecule has 0 unspecified atom stereocenters. The van der Waals surface area contributed by atoms with Crippen molar-refractivity contribution in [3.8, 4) is 11.5 Å². The molecule has 2 N–H and O–H groups in total. The normalized spacial score (nSPS) is 18.5. The van der Waals surface area contributed by atoms with Gasteiger partial charge in [0, 0.05) is 24.3 Å². The van der Waals surface area contributed by atoms with Crippen LogP contribution in [0.25, 0.3) is 0 Å². The molecule has 2 aliphatic rings. The number of nitrogen functional groups attached to an aromatic ring is 1. The topological polar surface area (TPSA) is 47.7 Å². The monoisotopic (exact) mass is 234 g/mol. The summed E-state index contributed by atoms with van der Waals surface area (Å²) in [5.74, 6) is 1.59. The molecule has 3 rings (SSSR count). The molecule has 1 saturated carbocycles. The predicted octanol–water partition coefficient (Wildman–Crippen LogP) is 1.63. The summed E-state index contributed by atoms with van der Waals surface area (Å²) in [5, 5.41) is 0. The maximum Gasteiger partial charge on any atom is 0.163 e. The van der Waals surface area contributed by atoms with Gasteiger partial charge in [-0.15, -0.1) is 0 Å². The van der Waals surface area contributed by atoms with Gasteiger partial charge in [-0.3, -0.25) is 4.90 Å². The molecule has 0 spiro atoms. The van der Waals surface area contributed by atoms with Crippen molar-refractivity contribution < 1.29 is 9.47 Å². The molecule has 17 heavy (non-hydrogen) atoms. The van der Waals surface area contributed by atoms with Crippen LogP contribution in [0.3, 0.4) is 0 Å². The Morgan fingerprint density at radius 3 is 2.53 bits per heavy atom. The maximum absolute atomic E-state index is 6.05. The lowest BCUT2D eigenvalue weighted by Gasteiger charge is -2.22. The third-order valence-corrected chi connectivity index (χ3v) is 3.39. The van der Waals surface area contributed by atoms with Crippen LogP contribution in [0.4, 0.5) is 5.69 Å². The van der Waals surface area contributed by atoms with Gasteiger partial charge in [-0.1, -0.05) is 0 Å². The molecule has 1 aliphatic carbocycles.